The number of benzene rings is 3. The molecule has 1 N–H and O–H groups in total. The molecule has 0 bridgehead atoms. The van der Waals surface area contributed by atoms with Crippen LogP contribution in [0.1, 0.15) is 33.3 Å². The van der Waals surface area contributed by atoms with Crippen LogP contribution in [0.15, 0.2) is 83.8 Å². The maximum atomic E-state index is 13.9. The average Bonchev–Trinajstić information content (AvgIpc) is 2.93. The normalized spacial score (nSPS) is 12.1. The fraction of sp³-hybridized carbons (Fsp3) is 0.333. The molecule has 1 unspecified atom stereocenters. The first-order valence-electron chi connectivity index (χ1n) is 13.1. The van der Waals surface area contributed by atoms with Gasteiger partial charge in [-0.2, -0.15) is 0 Å². The van der Waals surface area contributed by atoms with Crippen LogP contribution in [0.4, 0.5) is 5.69 Å². The number of anilines is 1. The Labute approximate surface area is 241 Å². The van der Waals surface area contributed by atoms with Crippen LogP contribution in [0, 0.1) is 5.92 Å². The Bertz CT molecular complexity index is 1380. The van der Waals surface area contributed by atoms with Crippen molar-refractivity contribution in [2.45, 2.75) is 45.2 Å². The fourth-order valence-corrected chi connectivity index (χ4v) is 5.62. The van der Waals surface area contributed by atoms with Crippen molar-refractivity contribution in [2.24, 2.45) is 5.92 Å². The molecule has 0 fully saturated rings. The number of hydrogen-bond acceptors (Lipinski definition) is 5. The third-order valence-electron chi connectivity index (χ3n) is 6.14. The van der Waals surface area contributed by atoms with Gasteiger partial charge in [-0.3, -0.25) is 13.9 Å². The predicted molar refractivity (Wildman–Crippen MR) is 158 cm³/mol. The van der Waals surface area contributed by atoms with Crippen molar-refractivity contribution in [1.82, 2.24) is 10.2 Å². The van der Waals surface area contributed by atoms with Crippen LogP contribution in [0.2, 0.25) is 5.02 Å². The van der Waals surface area contributed by atoms with E-state index in [9.17, 15) is 18.0 Å². The molecule has 3 aromatic rings. The molecule has 0 aromatic heterocycles. The highest BCUT2D eigenvalue weighted by atomic mass is 35.5. The van der Waals surface area contributed by atoms with Crippen molar-refractivity contribution >= 4 is 39.1 Å². The molecule has 0 aliphatic heterocycles. The second kappa shape index (κ2) is 14.2. The van der Waals surface area contributed by atoms with E-state index in [1.165, 1.54) is 17.0 Å². The minimum Gasteiger partial charge on any atom is -0.494 e. The first-order valence-corrected chi connectivity index (χ1v) is 15.0. The van der Waals surface area contributed by atoms with E-state index in [2.05, 4.69) is 5.32 Å². The topological polar surface area (TPSA) is 96.0 Å². The van der Waals surface area contributed by atoms with Gasteiger partial charge in [0.2, 0.25) is 11.8 Å². The molecular weight excluding hydrogens is 550 g/mol. The minimum absolute atomic E-state index is 0.0109. The summed E-state index contributed by atoms with van der Waals surface area (Å²) in [6, 6.07) is 20.6. The van der Waals surface area contributed by atoms with Crippen molar-refractivity contribution in [1.29, 1.82) is 0 Å². The molecule has 2 amide bonds. The molecule has 0 aliphatic carbocycles. The number of sulfonamides is 1. The number of hydrogen-bond donors (Lipinski definition) is 1. The van der Waals surface area contributed by atoms with E-state index >= 15 is 0 Å². The first-order chi connectivity index (χ1) is 19.0. The lowest BCUT2D eigenvalue weighted by Gasteiger charge is -2.32. The number of rotatable bonds is 13. The SMILES string of the molecule is CCOc1ccc(S(=O)(=O)N(CC(=O)N(Cc2cccc(Cl)c2)C(C)C(=O)NCC(C)C)c2ccccc2)cc1. The number of nitrogens with zero attached hydrogens (tertiary/aromatic N) is 2. The summed E-state index contributed by atoms with van der Waals surface area (Å²) in [6.07, 6.45) is 0. The van der Waals surface area contributed by atoms with Gasteiger partial charge in [-0.1, -0.05) is 55.8 Å². The maximum Gasteiger partial charge on any atom is 0.264 e. The molecule has 0 radical (unpaired) electrons. The van der Waals surface area contributed by atoms with Crippen molar-refractivity contribution in [3.05, 3.63) is 89.4 Å². The van der Waals surface area contributed by atoms with Crippen LogP contribution in [0.25, 0.3) is 0 Å². The molecule has 0 heterocycles. The molecule has 40 heavy (non-hydrogen) atoms. The summed E-state index contributed by atoms with van der Waals surface area (Å²) in [5, 5.41) is 3.36. The van der Waals surface area contributed by atoms with Gasteiger partial charge < -0.3 is 15.0 Å². The van der Waals surface area contributed by atoms with E-state index in [4.69, 9.17) is 16.3 Å². The minimum atomic E-state index is -4.15. The van der Waals surface area contributed by atoms with E-state index in [0.29, 0.717) is 35.2 Å². The average molecular weight is 586 g/mol. The van der Waals surface area contributed by atoms with Crippen molar-refractivity contribution in [3.8, 4) is 5.75 Å². The second-order valence-electron chi connectivity index (χ2n) is 9.72. The van der Waals surface area contributed by atoms with Crippen molar-refractivity contribution < 1.29 is 22.7 Å². The van der Waals surface area contributed by atoms with E-state index in [1.54, 1.807) is 73.7 Å². The highest BCUT2D eigenvalue weighted by Crippen LogP contribution is 2.26. The Balaban J connectivity index is 1.98. The Kier molecular flexibility index (Phi) is 11.0. The molecule has 0 spiro atoms. The van der Waals surface area contributed by atoms with Gasteiger partial charge in [-0.25, -0.2) is 8.42 Å². The maximum absolute atomic E-state index is 13.9. The van der Waals surface area contributed by atoms with Crippen LogP contribution < -0.4 is 14.4 Å². The van der Waals surface area contributed by atoms with E-state index in [1.807, 2.05) is 20.8 Å². The zero-order valence-electron chi connectivity index (χ0n) is 23.2. The molecule has 10 heteroatoms. The van der Waals surface area contributed by atoms with Gasteiger partial charge in [0.1, 0.15) is 18.3 Å². The Morgan fingerprint density at radius 2 is 1.62 bits per heavy atom. The lowest BCUT2D eigenvalue weighted by molar-refractivity contribution is -0.139. The molecule has 0 aliphatic rings. The lowest BCUT2D eigenvalue weighted by Crippen LogP contribution is -2.51. The molecule has 8 nitrogen and oxygen atoms in total. The number of halogens is 1. The van der Waals surface area contributed by atoms with Gasteiger partial charge in [0, 0.05) is 18.1 Å². The molecule has 0 saturated heterocycles. The van der Waals surface area contributed by atoms with Gasteiger partial charge >= 0.3 is 0 Å². The van der Waals surface area contributed by atoms with Gasteiger partial charge in [-0.15, -0.1) is 0 Å². The van der Waals surface area contributed by atoms with Gasteiger partial charge in [0.15, 0.2) is 0 Å². The van der Waals surface area contributed by atoms with Crippen molar-refractivity contribution in [3.63, 3.8) is 0 Å². The summed E-state index contributed by atoms with van der Waals surface area (Å²) in [5.41, 5.74) is 1.04. The Morgan fingerprint density at radius 3 is 2.23 bits per heavy atom. The van der Waals surface area contributed by atoms with Crippen LogP contribution in [-0.4, -0.2) is 50.9 Å². The standard InChI is InChI=1S/C30H36ClN3O5S/c1-5-39-27-14-16-28(17-15-27)40(37,38)34(26-12-7-6-8-13-26)21-29(35)33(20-24-10-9-11-25(31)18-24)23(4)30(36)32-19-22(2)3/h6-18,22-23H,5,19-21H2,1-4H3,(H,32,36). The Hall–Kier alpha value is -3.56. The number of amides is 2. The summed E-state index contributed by atoms with van der Waals surface area (Å²) in [7, 11) is -4.15. The van der Waals surface area contributed by atoms with E-state index in [0.717, 1.165) is 4.31 Å². The molecule has 214 valence electrons. The third kappa shape index (κ3) is 8.22. The highest BCUT2D eigenvalue weighted by molar-refractivity contribution is 7.92. The number of para-hydroxylation sites is 1. The quantitative estimate of drug-likeness (QED) is 0.300. The summed E-state index contributed by atoms with van der Waals surface area (Å²) in [6.45, 7) is 7.88. The largest absolute Gasteiger partial charge is 0.494 e. The predicted octanol–water partition coefficient (Wildman–Crippen LogP) is 5.12. The zero-order valence-corrected chi connectivity index (χ0v) is 24.8. The van der Waals surface area contributed by atoms with Gasteiger partial charge in [0.05, 0.1) is 17.2 Å². The molecule has 3 aromatic carbocycles. The zero-order chi connectivity index (χ0) is 29.3. The smallest absolute Gasteiger partial charge is 0.264 e. The van der Waals surface area contributed by atoms with Crippen LogP contribution >= 0.6 is 11.6 Å². The molecule has 3 rings (SSSR count). The number of carbonyl (C=O) groups is 2. The third-order valence-corrected chi connectivity index (χ3v) is 8.16. The van der Waals surface area contributed by atoms with Crippen LogP contribution in [0.3, 0.4) is 0 Å². The highest BCUT2D eigenvalue weighted by Gasteiger charge is 2.32. The van der Waals surface area contributed by atoms with E-state index < -0.39 is 28.5 Å². The summed E-state index contributed by atoms with van der Waals surface area (Å²) in [5.74, 6) is -0.103. The van der Waals surface area contributed by atoms with Crippen LogP contribution in [0.5, 0.6) is 5.75 Å². The molecule has 1 atom stereocenters. The lowest BCUT2D eigenvalue weighted by atomic mass is 10.1. The van der Waals surface area contributed by atoms with Crippen molar-refractivity contribution in [2.75, 3.05) is 24.0 Å². The summed E-state index contributed by atoms with van der Waals surface area (Å²) < 4.78 is 34.2. The fourth-order valence-electron chi connectivity index (χ4n) is 3.99. The van der Waals surface area contributed by atoms with E-state index in [-0.39, 0.29) is 23.3 Å². The second-order valence-corrected chi connectivity index (χ2v) is 12.0. The summed E-state index contributed by atoms with van der Waals surface area (Å²) in [4.78, 5) is 28.3. The first kappa shape index (κ1) is 31.0. The monoisotopic (exact) mass is 585 g/mol. The van der Waals surface area contributed by atoms with Gasteiger partial charge in [0.25, 0.3) is 10.0 Å². The number of carbonyl (C=O) groups excluding carboxylic acids is 2. The number of ether oxygens (including phenoxy) is 1. The summed E-state index contributed by atoms with van der Waals surface area (Å²) >= 11 is 6.18. The number of nitrogens with one attached hydrogen (secondary N) is 1. The molecular formula is C30H36ClN3O5S. The van der Waals surface area contributed by atoms with Crippen LogP contribution in [-0.2, 0) is 26.2 Å². The Morgan fingerprint density at radius 1 is 0.950 bits per heavy atom. The van der Waals surface area contributed by atoms with Gasteiger partial charge in [-0.05, 0) is 73.9 Å². The molecule has 0 saturated carbocycles.